The number of aliphatic hydroxyl groups is 1. The van der Waals surface area contributed by atoms with Gasteiger partial charge in [0.2, 0.25) is 0 Å². The molecule has 0 saturated heterocycles. The molecule has 1 aliphatic rings. The van der Waals surface area contributed by atoms with E-state index in [0.29, 0.717) is 12.8 Å². The van der Waals surface area contributed by atoms with E-state index in [0.717, 1.165) is 0 Å². The van der Waals surface area contributed by atoms with E-state index in [4.69, 9.17) is 28.3 Å². The SMILES string of the molecule is O=C1CC[C@H](Cl)C(O)=C1Cl. The predicted molar refractivity (Wildman–Crippen MR) is 39.4 cm³/mol. The zero-order valence-corrected chi connectivity index (χ0v) is 6.61. The zero-order valence-electron chi connectivity index (χ0n) is 5.10. The first-order valence-electron chi connectivity index (χ1n) is 2.89. The van der Waals surface area contributed by atoms with Gasteiger partial charge >= 0.3 is 0 Å². The molecule has 0 spiro atoms. The molecule has 0 amide bonds. The van der Waals surface area contributed by atoms with Crippen LogP contribution >= 0.6 is 23.2 Å². The lowest BCUT2D eigenvalue weighted by Crippen LogP contribution is -2.16. The number of Topliss-reactive ketones (excluding diaryl/α,β-unsaturated/α-hetero) is 1. The largest absolute Gasteiger partial charge is 0.509 e. The predicted octanol–water partition coefficient (Wildman–Crippen LogP) is 1.97. The van der Waals surface area contributed by atoms with Crippen LogP contribution in [-0.2, 0) is 4.79 Å². The summed E-state index contributed by atoms with van der Waals surface area (Å²) in [6, 6.07) is 0. The van der Waals surface area contributed by atoms with Crippen LogP contribution in [0, 0.1) is 0 Å². The lowest BCUT2D eigenvalue weighted by molar-refractivity contribution is -0.115. The normalized spacial score (nSPS) is 27.4. The standard InChI is InChI=1S/C6H6Cl2O2/c7-3-1-2-4(9)5(8)6(3)10/h3,10H,1-2H2/t3-/m0/s1. The molecule has 0 aromatic heterocycles. The van der Waals surface area contributed by atoms with Gasteiger partial charge in [-0.15, -0.1) is 11.6 Å². The van der Waals surface area contributed by atoms with Crippen LogP contribution in [0.1, 0.15) is 12.8 Å². The van der Waals surface area contributed by atoms with Crippen molar-refractivity contribution >= 4 is 29.0 Å². The number of hydrogen-bond acceptors (Lipinski definition) is 2. The molecule has 1 rings (SSSR count). The number of hydrogen-bond donors (Lipinski definition) is 1. The molecule has 0 aliphatic heterocycles. The molecule has 0 unspecified atom stereocenters. The van der Waals surface area contributed by atoms with Crippen LogP contribution in [-0.4, -0.2) is 16.3 Å². The van der Waals surface area contributed by atoms with E-state index >= 15 is 0 Å². The van der Waals surface area contributed by atoms with Crippen LogP contribution in [0.3, 0.4) is 0 Å². The molecule has 1 N–H and O–H groups in total. The maximum absolute atomic E-state index is 10.7. The lowest BCUT2D eigenvalue weighted by atomic mass is 10.0. The molecule has 10 heavy (non-hydrogen) atoms. The number of aliphatic hydroxyl groups excluding tert-OH is 1. The van der Waals surface area contributed by atoms with E-state index in [1.807, 2.05) is 0 Å². The summed E-state index contributed by atoms with van der Waals surface area (Å²) in [7, 11) is 0. The molecule has 56 valence electrons. The average molecular weight is 181 g/mol. The van der Waals surface area contributed by atoms with Crippen LogP contribution < -0.4 is 0 Å². The molecule has 0 aromatic rings. The first-order valence-corrected chi connectivity index (χ1v) is 3.70. The van der Waals surface area contributed by atoms with Gasteiger partial charge in [0.25, 0.3) is 0 Å². The van der Waals surface area contributed by atoms with Crippen molar-refractivity contribution in [3.8, 4) is 0 Å². The van der Waals surface area contributed by atoms with Gasteiger partial charge in [0.1, 0.15) is 10.8 Å². The van der Waals surface area contributed by atoms with Crippen LogP contribution in [0.15, 0.2) is 10.8 Å². The molecule has 1 atom stereocenters. The highest BCUT2D eigenvalue weighted by atomic mass is 35.5. The minimum absolute atomic E-state index is 0.105. The van der Waals surface area contributed by atoms with E-state index < -0.39 is 5.38 Å². The maximum Gasteiger partial charge on any atom is 0.177 e. The second kappa shape index (κ2) is 2.81. The number of halogens is 2. The van der Waals surface area contributed by atoms with Crippen LogP contribution in [0.4, 0.5) is 0 Å². The van der Waals surface area contributed by atoms with Crippen LogP contribution in [0.25, 0.3) is 0 Å². The molecule has 4 heteroatoms. The van der Waals surface area contributed by atoms with Crippen molar-refractivity contribution in [2.24, 2.45) is 0 Å². The molecular weight excluding hydrogens is 175 g/mol. The van der Waals surface area contributed by atoms with Gasteiger partial charge in [0, 0.05) is 6.42 Å². The summed E-state index contributed by atoms with van der Waals surface area (Å²) in [5.41, 5.74) is 0. The third-order valence-corrected chi connectivity index (χ3v) is 2.22. The summed E-state index contributed by atoms with van der Waals surface area (Å²) in [6.07, 6.45) is 0.805. The second-order valence-electron chi connectivity index (χ2n) is 2.13. The van der Waals surface area contributed by atoms with Gasteiger partial charge in [-0.05, 0) is 6.42 Å². The van der Waals surface area contributed by atoms with E-state index in [2.05, 4.69) is 0 Å². The highest BCUT2D eigenvalue weighted by Gasteiger charge is 2.25. The Morgan fingerprint density at radius 1 is 1.60 bits per heavy atom. The molecule has 0 heterocycles. The molecular formula is C6H6Cl2O2. The number of rotatable bonds is 0. The first kappa shape index (κ1) is 7.89. The summed E-state index contributed by atoms with van der Waals surface area (Å²) in [5.74, 6) is -0.407. The smallest absolute Gasteiger partial charge is 0.177 e. The van der Waals surface area contributed by atoms with E-state index in [1.165, 1.54) is 0 Å². The minimum Gasteiger partial charge on any atom is -0.509 e. The number of allylic oxidation sites excluding steroid dienone is 2. The fraction of sp³-hybridized carbons (Fsp3) is 0.500. The van der Waals surface area contributed by atoms with Crippen molar-refractivity contribution in [1.82, 2.24) is 0 Å². The Morgan fingerprint density at radius 2 is 2.20 bits per heavy atom. The Balaban J connectivity index is 2.92. The van der Waals surface area contributed by atoms with Crippen molar-refractivity contribution in [2.45, 2.75) is 18.2 Å². The van der Waals surface area contributed by atoms with Gasteiger partial charge in [-0.3, -0.25) is 4.79 Å². The van der Waals surface area contributed by atoms with Crippen molar-refractivity contribution in [1.29, 1.82) is 0 Å². The van der Waals surface area contributed by atoms with Gasteiger partial charge in [-0.25, -0.2) is 0 Å². The number of ketones is 1. The zero-order chi connectivity index (χ0) is 7.72. The summed E-state index contributed by atoms with van der Waals surface area (Å²) >= 11 is 11.0. The minimum atomic E-state index is -0.481. The monoisotopic (exact) mass is 180 g/mol. The summed E-state index contributed by atoms with van der Waals surface area (Å²) in [6.45, 7) is 0. The quantitative estimate of drug-likeness (QED) is 0.580. The fourth-order valence-corrected chi connectivity index (χ4v) is 1.28. The topological polar surface area (TPSA) is 37.3 Å². The number of carbonyl (C=O) groups is 1. The van der Waals surface area contributed by atoms with Gasteiger partial charge < -0.3 is 5.11 Å². The Morgan fingerprint density at radius 3 is 2.70 bits per heavy atom. The van der Waals surface area contributed by atoms with E-state index in [9.17, 15) is 4.79 Å². The summed E-state index contributed by atoms with van der Waals surface area (Å²) in [5, 5.41) is 8.42. The van der Waals surface area contributed by atoms with Gasteiger partial charge in [-0.2, -0.15) is 0 Å². The average Bonchev–Trinajstić information content (AvgIpc) is 1.93. The molecule has 0 bridgehead atoms. The van der Waals surface area contributed by atoms with Crippen LogP contribution in [0.2, 0.25) is 0 Å². The molecule has 0 radical (unpaired) electrons. The van der Waals surface area contributed by atoms with Crippen LogP contribution in [0.5, 0.6) is 0 Å². The molecule has 0 fully saturated rings. The number of alkyl halides is 1. The van der Waals surface area contributed by atoms with E-state index in [-0.39, 0.29) is 16.6 Å². The van der Waals surface area contributed by atoms with Gasteiger partial charge in [0.15, 0.2) is 5.78 Å². The Labute approximate surface area is 68.4 Å². The summed E-state index contributed by atoms with van der Waals surface area (Å²) in [4.78, 5) is 10.7. The molecule has 2 nitrogen and oxygen atoms in total. The fourth-order valence-electron chi connectivity index (χ4n) is 0.785. The lowest BCUT2D eigenvalue weighted by Gasteiger charge is -2.14. The first-order chi connectivity index (χ1) is 4.63. The molecule has 1 aliphatic carbocycles. The molecule has 0 aromatic carbocycles. The highest BCUT2D eigenvalue weighted by molar-refractivity contribution is 6.43. The Kier molecular flexibility index (Phi) is 2.21. The third kappa shape index (κ3) is 1.27. The number of carbonyl (C=O) groups excluding carboxylic acids is 1. The Bertz CT molecular complexity index is 198. The van der Waals surface area contributed by atoms with E-state index in [1.54, 1.807) is 0 Å². The van der Waals surface area contributed by atoms with Crippen molar-refractivity contribution in [3.05, 3.63) is 10.8 Å². The maximum atomic E-state index is 10.7. The van der Waals surface area contributed by atoms with Gasteiger partial charge in [0.05, 0.1) is 5.38 Å². The second-order valence-corrected chi connectivity index (χ2v) is 3.03. The third-order valence-electron chi connectivity index (χ3n) is 1.39. The Hall–Kier alpha value is -0.210. The van der Waals surface area contributed by atoms with Gasteiger partial charge in [-0.1, -0.05) is 11.6 Å². The molecule has 0 saturated carbocycles. The van der Waals surface area contributed by atoms with Crippen molar-refractivity contribution in [3.63, 3.8) is 0 Å². The summed E-state index contributed by atoms with van der Waals surface area (Å²) < 4.78 is 0. The van der Waals surface area contributed by atoms with Crippen molar-refractivity contribution < 1.29 is 9.90 Å². The van der Waals surface area contributed by atoms with Crippen molar-refractivity contribution in [2.75, 3.05) is 0 Å². The highest BCUT2D eigenvalue weighted by Crippen LogP contribution is 2.26.